The van der Waals surface area contributed by atoms with Gasteiger partial charge in [0, 0.05) is 23.1 Å². The molecular weight excluding hydrogens is 265 g/mol. The van der Waals surface area contributed by atoms with E-state index in [1.165, 1.54) is 6.07 Å². The predicted octanol–water partition coefficient (Wildman–Crippen LogP) is 4.74. The first-order valence-corrected chi connectivity index (χ1v) is 7.26. The average molecular weight is 283 g/mol. The highest BCUT2D eigenvalue weighted by Gasteiger charge is 2.09. The normalized spacial score (nSPS) is 11.1. The summed E-state index contributed by atoms with van der Waals surface area (Å²) >= 11 is 0. The molecule has 0 radical (unpaired) electrons. The van der Waals surface area contributed by atoms with E-state index in [0.717, 1.165) is 35.3 Å². The van der Waals surface area contributed by atoms with E-state index in [2.05, 4.69) is 12.2 Å². The summed E-state index contributed by atoms with van der Waals surface area (Å²) in [5, 5.41) is 4.28. The van der Waals surface area contributed by atoms with Gasteiger partial charge in [0.05, 0.1) is 0 Å². The van der Waals surface area contributed by atoms with Crippen LogP contribution in [-0.4, -0.2) is 6.54 Å². The molecule has 0 bridgehead atoms. The molecule has 1 aromatic heterocycles. The van der Waals surface area contributed by atoms with Gasteiger partial charge >= 0.3 is 0 Å². The van der Waals surface area contributed by atoms with Crippen LogP contribution in [0, 0.1) is 5.82 Å². The second-order valence-corrected chi connectivity index (χ2v) is 5.13. The second-order valence-electron chi connectivity index (χ2n) is 5.13. The van der Waals surface area contributed by atoms with Gasteiger partial charge in [0.1, 0.15) is 17.2 Å². The van der Waals surface area contributed by atoms with E-state index in [4.69, 9.17) is 4.42 Å². The Morgan fingerprint density at radius 1 is 1.10 bits per heavy atom. The van der Waals surface area contributed by atoms with Gasteiger partial charge in [0.2, 0.25) is 0 Å². The van der Waals surface area contributed by atoms with Crippen molar-refractivity contribution in [1.82, 2.24) is 5.32 Å². The van der Waals surface area contributed by atoms with Crippen molar-refractivity contribution in [2.45, 2.75) is 19.9 Å². The molecule has 0 aliphatic rings. The molecule has 3 aromatic rings. The lowest BCUT2D eigenvalue weighted by Gasteiger charge is -2.06. The van der Waals surface area contributed by atoms with Crippen LogP contribution < -0.4 is 5.32 Å². The van der Waals surface area contributed by atoms with Crippen LogP contribution in [0.1, 0.15) is 18.9 Å². The van der Waals surface area contributed by atoms with Crippen LogP contribution in [-0.2, 0) is 6.54 Å². The van der Waals surface area contributed by atoms with E-state index in [1.54, 1.807) is 6.07 Å². The monoisotopic (exact) mass is 283 g/mol. The van der Waals surface area contributed by atoms with Gasteiger partial charge in [-0.3, -0.25) is 0 Å². The molecular formula is C18H18FNO. The first-order chi connectivity index (χ1) is 10.3. The lowest BCUT2D eigenvalue weighted by molar-refractivity contribution is 0.585. The Morgan fingerprint density at radius 3 is 2.76 bits per heavy atom. The van der Waals surface area contributed by atoms with Crippen LogP contribution in [0.3, 0.4) is 0 Å². The molecule has 0 aliphatic heterocycles. The highest BCUT2D eigenvalue weighted by Crippen LogP contribution is 2.28. The SMILES string of the molecule is CCCNCc1cc(-c2cc3ccccc3o2)ccc1F. The summed E-state index contributed by atoms with van der Waals surface area (Å²) in [4.78, 5) is 0. The maximum absolute atomic E-state index is 13.8. The Kier molecular flexibility index (Phi) is 4.02. The zero-order chi connectivity index (χ0) is 14.7. The Balaban J connectivity index is 1.92. The minimum atomic E-state index is -0.182. The maximum atomic E-state index is 13.8. The molecule has 1 heterocycles. The second kappa shape index (κ2) is 6.10. The van der Waals surface area contributed by atoms with Crippen molar-refractivity contribution in [2.24, 2.45) is 0 Å². The molecule has 0 spiro atoms. The van der Waals surface area contributed by atoms with E-state index in [0.29, 0.717) is 12.1 Å². The summed E-state index contributed by atoms with van der Waals surface area (Å²) in [5.41, 5.74) is 2.42. The van der Waals surface area contributed by atoms with Crippen molar-refractivity contribution < 1.29 is 8.81 Å². The third kappa shape index (κ3) is 2.98. The van der Waals surface area contributed by atoms with Crippen LogP contribution in [0.4, 0.5) is 4.39 Å². The van der Waals surface area contributed by atoms with E-state index in [9.17, 15) is 4.39 Å². The van der Waals surface area contributed by atoms with E-state index < -0.39 is 0 Å². The molecule has 2 aromatic carbocycles. The molecule has 108 valence electrons. The average Bonchev–Trinajstić information content (AvgIpc) is 2.93. The molecule has 21 heavy (non-hydrogen) atoms. The van der Waals surface area contributed by atoms with Crippen molar-refractivity contribution in [3.8, 4) is 11.3 Å². The highest BCUT2D eigenvalue weighted by molar-refractivity contribution is 5.82. The number of hydrogen-bond acceptors (Lipinski definition) is 2. The van der Waals surface area contributed by atoms with Crippen LogP contribution in [0.15, 0.2) is 52.9 Å². The van der Waals surface area contributed by atoms with Crippen molar-refractivity contribution in [3.05, 3.63) is 59.9 Å². The number of nitrogens with one attached hydrogen (secondary N) is 1. The number of para-hydroxylation sites is 1. The van der Waals surface area contributed by atoms with E-state index >= 15 is 0 Å². The van der Waals surface area contributed by atoms with Crippen molar-refractivity contribution in [3.63, 3.8) is 0 Å². The zero-order valence-corrected chi connectivity index (χ0v) is 12.0. The molecule has 0 amide bonds. The van der Waals surface area contributed by atoms with Gasteiger partial charge in [-0.2, -0.15) is 0 Å². The molecule has 0 aliphatic carbocycles. The van der Waals surface area contributed by atoms with Crippen molar-refractivity contribution in [2.75, 3.05) is 6.54 Å². The summed E-state index contributed by atoms with van der Waals surface area (Å²) in [6, 6.07) is 15.0. The largest absolute Gasteiger partial charge is 0.456 e. The van der Waals surface area contributed by atoms with Crippen molar-refractivity contribution in [1.29, 1.82) is 0 Å². The molecule has 0 saturated carbocycles. The van der Waals surface area contributed by atoms with Crippen LogP contribution in [0.5, 0.6) is 0 Å². The first-order valence-electron chi connectivity index (χ1n) is 7.26. The highest BCUT2D eigenvalue weighted by atomic mass is 19.1. The Hall–Kier alpha value is -2.13. The predicted molar refractivity (Wildman–Crippen MR) is 83.6 cm³/mol. The summed E-state index contributed by atoms with van der Waals surface area (Å²) in [7, 11) is 0. The first kappa shape index (κ1) is 13.8. The zero-order valence-electron chi connectivity index (χ0n) is 12.0. The fourth-order valence-electron chi connectivity index (χ4n) is 2.39. The molecule has 0 saturated heterocycles. The number of rotatable bonds is 5. The number of hydrogen-bond donors (Lipinski definition) is 1. The van der Waals surface area contributed by atoms with Gasteiger partial charge in [0.25, 0.3) is 0 Å². The summed E-state index contributed by atoms with van der Waals surface area (Å²) in [6.45, 7) is 3.51. The van der Waals surface area contributed by atoms with Gasteiger partial charge in [-0.1, -0.05) is 25.1 Å². The number of benzene rings is 2. The number of furan rings is 1. The van der Waals surface area contributed by atoms with E-state index in [1.807, 2.05) is 36.4 Å². The molecule has 3 heteroatoms. The van der Waals surface area contributed by atoms with E-state index in [-0.39, 0.29) is 5.82 Å². The molecule has 0 atom stereocenters. The van der Waals surface area contributed by atoms with Gasteiger partial charge in [0.15, 0.2) is 0 Å². The molecule has 3 rings (SSSR count). The lowest BCUT2D eigenvalue weighted by atomic mass is 10.1. The maximum Gasteiger partial charge on any atom is 0.135 e. The van der Waals surface area contributed by atoms with Crippen LogP contribution >= 0.6 is 0 Å². The summed E-state index contributed by atoms with van der Waals surface area (Å²) in [5.74, 6) is 0.589. The molecule has 2 nitrogen and oxygen atoms in total. The Bertz CT molecular complexity index is 715. The number of halogens is 1. The molecule has 1 N–H and O–H groups in total. The third-order valence-electron chi connectivity index (χ3n) is 3.50. The summed E-state index contributed by atoms with van der Waals surface area (Å²) < 4.78 is 19.7. The van der Waals surface area contributed by atoms with Crippen LogP contribution in [0.25, 0.3) is 22.3 Å². The van der Waals surface area contributed by atoms with Crippen LogP contribution in [0.2, 0.25) is 0 Å². The Morgan fingerprint density at radius 2 is 1.95 bits per heavy atom. The number of fused-ring (bicyclic) bond motifs is 1. The Labute approximate surface area is 123 Å². The minimum Gasteiger partial charge on any atom is -0.456 e. The minimum absolute atomic E-state index is 0.182. The lowest BCUT2D eigenvalue weighted by Crippen LogP contribution is -2.14. The quantitative estimate of drug-likeness (QED) is 0.684. The standard InChI is InChI=1S/C18H18FNO/c1-2-9-20-12-15-10-14(7-8-16(15)19)18-11-13-5-3-4-6-17(13)21-18/h3-8,10-11,20H,2,9,12H2,1H3. The topological polar surface area (TPSA) is 25.2 Å². The van der Waals surface area contributed by atoms with Gasteiger partial charge in [-0.05, 0) is 43.3 Å². The molecule has 0 unspecified atom stereocenters. The summed E-state index contributed by atoms with van der Waals surface area (Å²) in [6.07, 6.45) is 1.03. The van der Waals surface area contributed by atoms with Gasteiger partial charge in [-0.15, -0.1) is 0 Å². The third-order valence-corrected chi connectivity index (χ3v) is 3.50. The van der Waals surface area contributed by atoms with Crippen molar-refractivity contribution >= 4 is 11.0 Å². The van der Waals surface area contributed by atoms with Gasteiger partial charge < -0.3 is 9.73 Å². The molecule has 0 fully saturated rings. The van der Waals surface area contributed by atoms with Gasteiger partial charge in [-0.25, -0.2) is 4.39 Å². The fourth-order valence-corrected chi connectivity index (χ4v) is 2.39. The fraction of sp³-hybridized carbons (Fsp3) is 0.222. The smallest absolute Gasteiger partial charge is 0.135 e.